The van der Waals surface area contributed by atoms with Crippen LogP contribution in [0.4, 0.5) is 4.39 Å². The lowest BCUT2D eigenvalue weighted by Crippen LogP contribution is -2.37. The van der Waals surface area contributed by atoms with Crippen molar-refractivity contribution in [1.29, 1.82) is 0 Å². The number of benzene rings is 1. The first-order valence-corrected chi connectivity index (χ1v) is 5.11. The minimum atomic E-state index is -1.37. The largest absolute Gasteiger partial charge is 0.478 e. The Morgan fingerprint density at radius 3 is 2.67 bits per heavy atom. The normalized spacial score (nSPS) is 12.1. The molecule has 1 rings (SSSR count). The Hall–Kier alpha value is -1.99. The van der Waals surface area contributed by atoms with Gasteiger partial charge in [-0.2, -0.15) is 0 Å². The van der Waals surface area contributed by atoms with Crippen molar-refractivity contribution in [3.63, 3.8) is 0 Å². The fourth-order valence-corrected chi connectivity index (χ4v) is 1.29. The van der Waals surface area contributed by atoms with Crippen LogP contribution in [0.1, 0.15) is 15.9 Å². The van der Waals surface area contributed by atoms with Gasteiger partial charge in [0.2, 0.25) is 5.91 Å². The summed E-state index contributed by atoms with van der Waals surface area (Å²) in [6.07, 6.45) is -1.37. The summed E-state index contributed by atoms with van der Waals surface area (Å²) in [4.78, 5) is 21.2. The molecule has 0 spiro atoms. The molecule has 98 valence electrons. The van der Waals surface area contributed by atoms with E-state index in [1.165, 1.54) is 6.07 Å². The first kappa shape index (κ1) is 14.1. The van der Waals surface area contributed by atoms with Crippen LogP contribution in [0, 0.1) is 5.82 Å². The number of aromatic carboxylic acids is 1. The number of carbonyl (C=O) groups excluding carboxylic acids is 1. The number of carbonyl (C=O) groups is 2. The minimum absolute atomic E-state index is 0.0166. The van der Waals surface area contributed by atoms with Gasteiger partial charge < -0.3 is 21.3 Å². The van der Waals surface area contributed by atoms with Crippen molar-refractivity contribution in [2.24, 2.45) is 5.73 Å². The molecule has 0 aliphatic heterocycles. The first-order chi connectivity index (χ1) is 8.41. The van der Waals surface area contributed by atoms with E-state index in [1.54, 1.807) is 0 Å². The number of primary amides is 1. The molecule has 1 unspecified atom stereocenters. The molecular formula is C11H13FN2O4. The summed E-state index contributed by atoms with van der Waals surface area (Å²) in [5, 5.41) is 20.4. The van der Waals surface area contributed by atoms with Crippen molar-refractivity contribution in [2.75, 3.05) is 6.54 Å². The van der Waals surface area contributed by atoms with Gasteiger partial charge in [0.15, 0.2) is 0 Å². The third-order valence-corrected chi connectivity index (χ3v) is 2.27. The van der Waals surface area contributed by atoms with E-state index in [-0.39, 0.29) is 24.2 Å². The van der Waals surface area contributed by atoms with Crippen molar-refractivity contribution < 1.29 is 24.2 Å². The zero-order chi connectivity index (χ0) is 13.7. The topological polar surface area (TPSA) is 113 Å². The third kappa shape index (κ3) is 3.79. The highest BCUT2D eigenvalue weighted by Crippen LogP contribution is 2.10. The Morgan fingerprint density at radius 1 is 1.44 bits per heavy atom. The molecule has 0 bridgehead atoms. The zero-order valence-corrected chi connectivity index (χ0v) is 9.39. The highest BCUT2D eigenvalue weighted by atomic mass is 19.1. The Labute approximate surface area is 102 Å². The van der Waals surface area contributed by atoms with Crippen LogP contribution < -0.4 is 11.1 Å². The standard InChI is InChI=1S/C11H13FN2O4/c12-8-2-1-6(11(17)18)3-7(8)4-14-5-9(15)10(13)16/h1-3,9,14-15H,4-5H2,(H2,13,16)(H,17,18). The van der Waals surface area contributed by atoms with E-state index in [2.05, 4.69) is 5.32 Å². The van der Waals surface area contributed by atoms with Crippen molar-refractivity contribution in [3.8, 4) is 0 Å². The second kappa shape index (κ2) is 6.08. The summed E-state index contributed by atoms with van der Waals surface area (Å²) in [5.74, 6) is -2.61. The highest BCUT2D eigenvalue weighted by Gasteiger charge is 2.11. The maximum absolute atomic E-state index is 13.3. The molecule has 0 aromatic heterocycles. The van der Waals surface area contributed by atoms with Gasteiger partial charge in [-0.25, -0.2) is 9.18 Å². The number of nitrogens with one attached hydrogen (secondary N) is 1. The van der Waals surface area contributed by atoms with Gasteiger partial charge in [0.05, 0.1) is 5.56 Å². The Kier molecular flexibility index (Phi) is 4.75. The summed E-state index contributed by atoms with van der Waals surface area (Å²) in [6, 6.07) is 3.38. The molecule has 0 heterocycles. The van der Waals surface area contributed by atoms with Gasteiger partial charge in [0, 0.05) is 18.7 Å². The van der Waals surface area contributed by atoms with Gasteiger partial charge in [0.25, 0.3) is 0 Å². The average molecular weight is 256 g/mol. The van der Waals surface area contributed by atoms with Crippen molar-refractivity contribution >= 4 is 11.9 Å². The molecule has 0 aliphatic rings. The summed E-state index contributed by atoms with van der Waals surface area (Å²) in [7, 11) is 0. The number of amides is 1. The summed E-state index contributed by atoms with van der Waals surface area (Å²) in [6.45, 7) is -0.149. The summed E-state index contributed by atoms with van der Waals surface area (Å²) < 4.78 is 13.3. The van der Waals surface area contributed by atoms with Gasteiger partial charge >= 0.3 is 5.97 Å². The van der Waals surface area contributed by atoms with E-state index in [0.717, 1.165) is 12.1 Å². The number of aliphatic hydroxyl groups excluding tert-OH is 1. The van der Waals surface area contributed by atoms with Gasteiger partial charge in [-0.15, -0.1) is 0 Å². The molecule has 1 aromatic carbocycles. The van der Waals surface area contributed by atoms with Crippen LogP contribution in [0.5, 0.6) is 0 Å². The molecule has 0 aliphatic carbocycles. The molecule has 1 aromatic rings. The van der Waals surface area contributed by atoms with E-state index < -0.39 is 23.8 Å². The molecule has 0 radical (unpaired) electrons. The van der Waals surface area contributed by atoms with Gasteiger partial charge in [-0.3, -0.25) is 4.79 Å². The molecule has 18 heavy (non-hydrogen) atoms. The number of hydrogen-bond donors (Lipinski definition) is 4. The number of carboxylic acids is 1. The number of rotatable bonds is 6. The fourth-order valence-electron chi connectivity index (χ4n) is 1.29. The van der Waals surface area contributed by atoms with E-state index in [9.17, 15) is 14.0 Å². The first-order valence-electron chi connectivity index (χ1n) is 5.11. The number of halogens is 1. The lowest BCUT2D eigenvalue weighted by Gasteiger charge is -2.09. The number of aliphatic hydroxyl groups is 1. The van der Waals surface area contributed by atoms with E-state index in [1.807, 2.05) is 0 Å². The molecule has 7 heteroatoms. The van der Waals surface area contributed by atoms with Crippen molar-refractivity contribution in [2.45, 2.75) is 12.6 Å². The SMILES string of the molecule is NC(=O)C(O)CNCc1cc(C(=O)O)ccc1F. The van der Waals surface area contributed by atoms with Gasteiger partial charge in [-0.1, -0.05) is 0 Å². The van der Waals surface area contributed by atoms with Crippen LogP contribution in [-0.2, 0) is 11.3 Å². The second-order valence-corrected chi connectivity index (χ2v) is 3.66. The van der Waals surface area contributed by atoms with Gasteiger partial charge in [0.1, 0.15) is 11.9 Å². The molecule has 0 fully saturated rings. The lowest BCUT2D eigenvalue weighted by atomic mass is 10.1. The highest BCUT2D eigenvalue weighted by molar-refractivity contribution is 5.87. The molecule has 1 atom stereocenters. The fraction of sp³-hybridized carbons (Fsp3) is 0.273. The maximum atomic E-state index is 13.3. The van der Waals surface area contributed by atoms with E-state index in [4.69, 9.17) is 15.9 Å². The van der Waals surface area contributed by atoms with E-state index >= 15 is 0 Å². The number of nitrogens with two attached hydrogens (primary N) is 1. The molecule has 0 saturated carbocycles. The van der Waals surface area contributed by atoms with Crippen molar-refractivity contribution in [1.82, 2.24) is 5.32 Å². The minimum Gasteiger partial charge on any atom is -0.478 e. The molecule has 0 saturated heterocycles. The summed E-state index contributed by atoms with van der Waals surface area (Å²) >= 11 is 0. The average Bonchev–Trinajstić information content (AvgIpc) is 2.30. The Morgan fingerprint density at radius 2 is 2.11 bits per heavy atom. The van der Waals surface area contributed by atoms with Crippen LogP contribution in [0.25, 0.3) is 0 Å². The Bertz CT molecular complexity index is 464. The monoisotopic (exact) mass is 256 g/mol. The zero-order valence-electron chi connectivity index (χ0n) is 9.39. The van der Waals surface area contributed by atoms with Crippen molar-refractivity contribution in [3.05, 3.63) is 35.1 Å². The van der Waals surface area contributed by atoms with Gasteiger partial charge in [-0.05, 0) is 18.2 Å². The van der Waals surface area contributed by atoms with Crippen LogP contribution in [0.15, 0.2) is 18.2 Å². The predicted molar refractivity (Wildman–Crippen MR) is 60.3 cm³/mol. The van der Waals surface area contributed by atoms with Crippen LogP contribution in [0.2, 0.25) is 0 Å². The lowest BCUT2D eigenvalue weighted by molar-refractivity contribution is -0.125. The predicted octanol–water partition coefficient (Wildman–Crippen LogP) is -0.540. The van der Waals surface area contributed by atoms with Crippen LogP contribution in [0.3, 0.4) is 0 Å². The third-order valence-electron chi connectivity index (χ3n) is 2.27. The molecular weight excluding hydrogens is 243 g/mol. The molecule has 5 N–H and O–H groups in total. The second-order valence-electron chi connectivity index (χ2n) is 3.66. The smallest absolute Gasteiger partial charge is 0.335 e. The summed E-state index contributed by atoms with van der Waals surface area (Å²) in [5.41, 5.74) is 4.92. The van der Waals surface area contributed by atoms with E-state index in [0.29, 0.717) is 0 Å². The number of hydrogen-bond acceptors (Lipinski definition) is 4. The quantitative estimate of drug-likeness (QED) is 0.546. The number of carboxylic acid groups (broad SMARTS) is 1. The molecule has 6 nitrogen and oxygen atoms in total. The van der Waals surface area contributed by atoms with Crippen LogP contribution in [-0.4, -0.2) is 34.7 Å². The maximum Gasteiger partial charge on any atom is 0.335 e. The van der Waals surface area contributed by atoms with Crippen LogP contribution >= 0.6 is 0 Å². The Balaban J connectivity index is 2.64. The molecule has 1 amide bonds.